The average Bonchev–Trinajstić information content (AvgIpc) is 2.66. The molecule has 1 amide bonds. The van der Waals surface area contributed by atoms with E-state index < -0.39 is 5.60 Å². The Morgan fingerprint density at radius 3 is 2.48 bits per heavy atom. The van der Waals surface area contributed by atoms with Crippen molar-refractivity contribution in [2.75, 3.05) is 13.1 Å². The maximum atomic E-state index is 12.3. The smallest absolute Gasteiger partial charge is 0.410 e. The zero-order valence-electron chi connectivity index (χ0n) is 16.2. The molecule has 0 aromatic rings. The first kappa shape index (κ1) is 20.3. The van der Waals surface area contributed by atoms with Gasteiger partial charge in [0.1, 0.15) is 5.60 Å². The van der Waals surface area contributed by atoms with Crippen molar-refractivity contribution in [3.63, 3.8) is 0 Å². The second kappa shape index (κ2) is 9.51. The molecule has 4 heteroatoms. The van der Waals surface area contributed by atoms with Crippen LogP contribution in [0.3, 0.4) is 0 Å². The molecule has 0 spiro atoms. The van der Waals surface area contributed by atoms with Crippen LogP contribution in [0.5, 0.6) is 0 Å². The number of hydrogen-bond acceptors (Lipinski definition) is 3. The number of rotatable bonds is 6. The molecule has 1 aliphatic rings. The fourth-order valence-corrected chi connectivity index (χ4v) is 3.26. The average molecular weight is 327 g/mol. The Kier molecular flexibility index (Phi) is 8.38. The van der Waals surface area contributed by atoms with Gasteiger partial charge in [-0.05, 0) is 59.8 Å². The van der Waals surface area contributed by atoms with E-state index in [2.05, 4.69) is 12.2 Å². The molecular weight excluding hydrogens is 288 g/mol. The highest BCUT2D eigenvalue weighted by Gasteiger charge is 2.24. The minimum atomic E-state index is -0.436. The number of carbonyl (C=O) groups excluding carboxylic acids is 1. The Balaban J connectivity index is 2.39. The van der Waals surface area contributed by atoms with E-state index in [4.69, 9.17) is 4.74 Å². The third-order valence-corrected chi connectivity index (χ3v) is 4.70. The summed E-state index contributed by atoms with van der Waals surface area (Å²) in [5.74, 6) is 0.913. The third kappa shape index (κ3) is 8.05. The van der Waals surface area contributed by atoms with Crippen LogP contribution in [-0.4, -0.2) is 41.8 Å². The molecule has 1 fully saturated rings. The molecule has 0 saturated heterocycles. The van der Waals surface area contributed by atoms with Gasteiger partial charge in [-0.25, -0.2) is 4.79 Å². The largest absolute Gasteiger partial charge is 0.444 e. The van der Waals surface area contributed by atoms with Crippen molar-refractivity contribution in [3.8, 4) is 0 Å². The van der Waals surface area contributed by atoms with Gasteiger partial charge in [-0.3, -0.25) is 0 Å². The summed E-state index contributed by atoms with van der Waals surface area (Å²) in [6.07, 6.45) is 7.69. The van der Waals surface area contributed by atoms with Crippen molar-refractivity contribution in [2.45, 2.75) is 97.8 Å². The second-order valence-electron chi connectivity index (χ2n) is 8.20. The van der Waals surface area contributed by atoms with Crippen molar-refractivity contribution < 1.29 is 9.53 Å². The molecule has 1 aliphatic carbocycles. The Morgan fingerprint density at radius 2 is 1.91 bits per heavy atom. The molecule has 1 rings (SSSR count). The van der Waals surface area contributed by atoms with Crippen LogP contribution >= 0.6 is 0 Å². The lowest BCUT2D eigenvalue weighted by Gasteiger charge is -2.30. The second-order valence-corrected chi connectivity index (χ2v) is 8.20. The molecule has 4 nitrogen and oxygen atoms in total. The quantitative estimate of drug-likeness (QED) is 0.726. The molecule has 23 heavy (non-hydrogen) atoms. The SMILES string of the molecule is CCC1CCCC(NCCN(C(=O)OC(C)(C)C)C(C)C)CC1. The predicted molar refractivity (Wildman–Crippen MR) is 96.7 cm³/mol. The first-order valence-corrected chi connectivity index (χ1v) is 9.46. The van der Waals surface area contributed by atoms with E-state index in [9.17, 15) is 4.79 Å². The van der Waals surface area contributed by atoms with Gasteiger partial charge >= 0.3 is 6.09 Å². The van der Waals surface area contributed by atoms with Gasteiger partial charge in [0.2, 0.25) is 0 Å². The van der Waals surface area contributed by atoms with Gasteiger partial charge in [0.05, 0.1) is 0 Å². The predicted octanol–water partition coefficient (Wildman–Crippen LogP) is 4.58. The number of nitrogens with zero attached hydrogens (tertiary/aromatic N) is 1. The van der Waals surface area contributed by atoms with E-state index in [0.717, 1.165) is 12.5 Å². The highest BCUT2D eigenvalue weighted by Crippen LogP contribution is 2.25. The summed E-state index contributed by atoms with van der Waals surface area (Å²) in [5.41, 5.74) is -0.436. The minimum Gasteiger partial charge on any atom is -0.444 e. The number of amides is 1. The molecular formula is C19H38N2O2. The molecule has 0 heterocycles. The Bertz CT molecular complexity index is 350. The topological polar surface area (TPSA) is 41.6 Å². The molecule has 1 saturated carbocycles. The minimum absolute atomic E-state index is 0.158. The van der Waals surface area contributed by atoms with Crippen LogP contribution in [0.4, 0.5) is 4.79 Å². The number of carbonyl (C=O) groups is 1. The maximum Gasteiger partial charge on any atom is 0.410 e. The number of hydrogen-bond donors (Lipinski definition) is 1. The fourth-order valence-electron chi connectivity index (χ4n) is 3.26. The van der Waals surface area contributed by atoms with Crippen LogP contribution in [0.2, 0.25) is 0 Å². The van der Waals surface area contributed by atoms with Crippen LogP contribution in [0.25, 0.3) is 0 Å². The van der Waals surface area contributed by atoms with Crippen molar-refractivity contribution in [2.24, 2.45) is 5.92 Å². The van der Waals surface area contributed by atoms with Gasteiger partial charge in [0, 0.05) is 25.2 Å². The zero-order chi connectivity index (χ0) is 17.5. The monoisotopic (exact) mass is 326 g/mol. The molecule has 0 aliphatic heterocycles. The van der Waals surface area contributed by atoms with Crippen LogP contribution in [0.15, 0.2) is 0 Å². The molecule has 0 aromatic heterocycles. The Hall–Kier alpha value is -0.770. The molecule has 0 radical (unpaired) electrons. The third-order valence-electron chi connectivity index (χ3n) is 4.70. The molecule has 0 bridgehead atoms. The van der Waals surface area contributed by atoms with Crippen LogP contribution in [-0.2, 0) is 4.74 Å². The van der Waals surface area contributed by atoms with Gasteiger partial charge in [0.25, 0.3) is 0 Å². The lowest BCUT2D eigenvalue weighted by Crippen LogP contribution is -2.45. The summed E-state index contributed by atoms with van der Waals surface area (Å²) in [4.78, 5) is 14.1. The van der Waals surface area contributed by atoms with Gasteiger partial charge < -0.3 is 15.0 Å². The van der Waals surface area contributed by atoms with Gasteiger partial charge in [-0.15, -0.1) is 0 Å². The van der Waals surface area contributed by atoms with E-state index in [-0.39, 0.29) is 12.1 Å². The van der Waals surface area contributed by atoms with Gasteiger partial charge in [0.15, 0.2) is 0 Å². The highest BCUT2D eigenvalue weighted by molar-refractivity contribution is 5.68. The maximum absolute atomic E-state index is 12.3. The van der Waals surface area contributed by atoms with Gasteiger partial charge in [-0.2, -0.15) is 0 Å². The summed E-state index contributed by atoms with van der Waals surface area (Å²) < 4.78 is 5.51. The van der Waals surface area contributed by atoms with Crippen molar-refractivity contribution in [1.29, 1.82) is 0 Å². The standard InChI is InChI=1S/C19H38N2O2/c1-7-16-9-8-10-17(12-11-16)20-13-14-21(15(2)3)18(22)23-19(4,5)6/h15-17,20H,7-14H2,1-6H3. The first-order chi connectivity index (χ1) is 10.7. The molecule has 136 valence electrons. The highest BCUT2D eigenvalue weighted by atomic mass is 16.6. The van der Waals surface area contributed by atoms with E-state index in [1.807, 2.05) is 39.5 Å². The fraction of sp³-hybridized carbons (Fsp3) is 0.947. The van der Waals surface area contributed by atoms with E-state index in [1.54, 1.807) is 0 Å². The molecule has 1 N–H and O–H groups in total. The van der Waals surface area contributed by atoms with Crippen LogP contribution in [0, 0.1) is 5.92 Å². The normalized spacial score (nSPS) is 22.7. The van der Waals surface area contributed by atoms with Crippen LogP contribution < -0.4 is 5.32 Å². The Labute approximate surface area is 143 Å². The Morgan fingerprint density at radius 1 is 1.22 bits per heavy atom. The van der Waals surface area contributed by atoms with Crippen molar-refractivity contribution >= 4 is 6.09 Å². The number of ether oxygens (including phenoxy) is 1. The van der Waals surface area contributed by atoms with E-state index >= 15 is 0 Å². The summed E-state index contributed by atoms with van der Waals surface area (Å²) >= 11 is 0. The summed E-state index contributed by atoms with van der Waals surface area (Å²) in [6.45, 7) is 13.7. The van der Waals surface area contributed by atoms with E-state index in [0.29, 0.717) is 12.6 Å². The molecule has 2 atom stereocenters. The first-order valence-electron chi connectivity index (χ1n) is 9.46. The van der Waals surface area contributed by atoms with Crippen molar-refractivity contribution in [3.05, 3.63) is 0 Å². The van der Waals surface area contributed by atoms with Crippen LogP contribution in [0.1, 0.15) is 80.1 Å². The zero-order valence-corrected chi connectivity index (χ0v) is 16.2. The van der Waals surface area contributed by atoms with Gasteiger partial charge in [-0.1, -0.05) is 26.2 Å². The molecule has 2 unspecified atom stereocenters. The lowest BCUT2D eigenvalue weighted by molar-refractivity contribution is 0.0192. The lowest BCUT2D eigenvalue weighted by atomic mass is 9.98. The summed E-state index contributed by atoms with van der Waals surface area (Å²) in [7, 11) is 0. The summed E-state index contributed by atoms with van der Waals surface area (Å²) in [6, 6.07) is 0.768. The number of nitrogens with one attached hydrogen (secondary N) is 1. The van der Waals surface area contributed by atoms with E-state index in [1.165, 1.54) is 38.5 Å². The molecule has 0 aromatic carbocycles. The summed E-state index contributed by atoms with van der Waals surface area (Å²) in [5, 5.41) is 3.66. The van der Waals surface area contributed by atoms with Crippen molar-refractivity contribution in [1.82, 2.24) is 10.2 Å².